The van der Waals surface area contributed by atoms with E-state index in [1.165, 1.54) is 7.11 Å². The van der Waals surface area contributed by atoms with Gasteiger partial charge < -0.3 is 9.84 Å². The Morgan fingerprint density at radius 2 is 1.93 bits per heavy atom. The van der Waals surface area contributed by atoms with Crippen LogP contribution in [0, 0.1) is 0 Å². The van der Waals surface area contributed by atoms with Crippen molar-refractivity contribution < 1.29 is 18.3 Å². The molecule has 1 aromatic carbocycles. The van der Waals surface area contributed by atoms with Gasteiger partial charge in [0, 0.05) is 10.7 Å². The van der Waals surface area contributed by atoms with Gasteiger partial charge in [-0.1, -0.05) is 12.1 Å². The topological polar surface area (TPSA) is 63.6 Å². The smallest absolute Gasteiger partial charge is 0.235 e. The molecule has 1 rings (SSSR count). The lowest BCUT2D eigenvalue weighted by molar-refractivity contribution is 0.202. The number of aliphatic hydroxyl groups is 1. The summed E-state index contributed by atoms with van der Waals surface area (Å²) >= 11 is 0. The average Bonchev–Trinajstić information content (AvgIpc) is 2.15. The number of hydrogen-bond donors (Lipinski definition) is 1. The van der Waals surface area contributed by atoms with E-state index in [4.69, 9.17) is 15.4 Å². The van der Waals surface area contributed by atoms with E-state index in [-0.39, 0.29) is 0 Å². The molecule has 0 amide bonds. The molecule has 0 aliphatic rings. The summed E-state index contributed by atoms with van der Waals surface area (Å²) in [5.74, 6) is 0.139. The third kappa shape index (κ3) is 4.07. The standard InChI is InChI=1S/C9H11ClO4S/c1-14-8-4-2-7(3-5-8)9(11)6-15(10,12)13/h2-5,9,11H,6H2,1H3. The normalized spacial score (nSPS) is 13.5. The largest absolute Gasteiger partial charge is 0.497 e. The van der Waals surface area contributed by atoms with Crippen LogP contribution >= 0.6 is 10.7 Å². The van der Waals surface area contributed by atoms with Crippen molar-refractivity contribution in [3.8, 4) is 5.75 Å². The Hall–Kier alpha value is -0.780. The summed E-state index contributed by atoms with van der Waals surface area (Å²) < 4.78 is 26.4. The minimum Gasteiger partial charge on any atom is -0.497 e. The third-order valence-electron chi connectivity index (χ3n) is 1.86. The summed E-state index contributed by atoms with van der Waals surface area (Å²) in [6.07, 6.45) is -1.11. The maximum Gasteiger partial charge on any atom is 0.235 e. The molecule has 84 valence electrons. The number of aliphatic hydroxyl groups excluding tert-OH is 1. The number of ether oxygens (including phenoxy) is 1. The predicted octanol–water partition coefficient (Wildman–Crippen LogP) is 1.30. The van der Waals surface area contributed by atoms with Crippen LogP contribution in [0.25, 0.3) is 0 Å². The van der Waals surface area contributed by atoms with Crippen molar-refractivity contribution in [3.63, 3.8) is 0 Å². The van der Waals surface area contributed by atoms with Crippen molar-refractivity contribution in [2.45, 2.75) is 6.10 Å². The van der Waals surface area contributed by atoms with E-state index in [1.807, 2.05) is 0 Å². The quantitative estimate of drug-likeness (QED) is 0.818. The Balaban J connectivity index is 2.78. The Morgan fingerprint density at radius 1 is 1.40 bits per heavy atom. The van der Waals surface area contributed by atoms with Crippen LogP contribution in [-0.4, -0.2) is 26.4 Å². The van der Waals surface area contributed by atoms with Gasteiger partial charge in [0.05, 0.1) is 19.0 Å². The zero-order chi connectivity index (χ0) is 11.5. The molecular weight excluding hydrogens is 240 g/mol. The molecule has 0 radical (unpaired) electrons. The molecule has 0 spiro atoms. The molecule has 0 heterocycles. The van der Waals surface area contributed by atoms with E-state index < -0.39 is 20.9 Å². The van der Waals surface area contributed by atoms with Crippen molar-refractivity contribution in [2.24, 2.45) is 0 Å². The average molecular weight is 251 g/mol. The van der Waals surface area contributed by atoms with Gasteiger partial charge in [-0.2, -0.15) is 0 Å². The molecule has 1 atom stereocenters. The Bertz CT molecular complexity index is 412. The minimum absolute atomic E-state index is 0.486. The van der Waals surface area contributed by atoms with Crippen LogP contribution in [0.5, 0.6) is 5.75 Å². The van der Waals surface area contributed by atoms with E-state index in [2.05, 4.69) is 0 Å². The first-order valence-corrected chi connectivity index (χ1v) is 6.64. The number of hydrogen-bond acceptors (Lipinski definition) is 4. The molecule has 1 unspecified atom stereocenters. The first kappa shape index (κ1) is 12.3. The van der Waals surface area contributed by atoms with Gasteiger partial charge in [0.25, 0.3) is 0 Å². The summed E-state index contributed by atoms with van der Waals surface area (Å²) in [6.45, 7) is 0. The SMILES string of the molecule is COc1ccc(C(O)CS(=O)(=O)Cl)cc1. The Morgan fingerprint density at radius 3 is 2.33 bits per heavy atom. The minimum atomic E-state index is -3.70. The Labute approximate surface area is 92.9 Å². The van der Waals surface area contributed by atoms with Gasteiger partial charge >= 0.3 is 0 Å². The zero-order valence-corrected chi connectivity index (χ0v) is 9.62. The molecule has 4 nitrogen and oxygen atoms in total. The fourth-order valence-corrected chi connectivity index (χ4v) is 2.04. The molecule has 15 heavy (non-hydrogen) atoms. The molecule has 0 aliphatic carbocycles. The van der Waals surface area contributed by atoms with Crippen molar-refractivity contribution >= 4 is 19.7 Å². The van der Waals surface area contributed by atoms with Gasteiger partial charge in [-0.3, -0.25) is 0 Å². The lowest BCUT2D eigenvalue weighted by Crippen LogP contribution is -2.09. The summed E-state index contributed by atoms with van der Waals surface area (Å²) in [7, 11) is 2.85. The lowest BCUT2D eigenvalue weighted by atomic mass is 10.1. The highest BCUT2D eigenvalue weighted by atomic mass is 35.7. The summed E-state index contributed by atoms with van der Waals surface area (Å²) in [5, 5.41) is 9.52. The highest BCUT2D eigenvalue weighted by molar-refractivity contribution is 8.13. The predicted molar refractivity (Wildman–Crippen MR) is 57.6 cm³/mol. The molecule has 0 bridgehead atoms. The third-order valence-corrected chi connectivity index (χ3v) is 2.95. The fourth-order valence-electron chi connectivity index (χ4n) is 1.11. The van der Waals surface area contributed by atoms with Gasteiger partial charge in [-0.05, 0) is 17.7 Å². The molecule has 0 fully saturated rings. The van der Waals surface area contributed by atoms with Gasteiger partial charge in [0.15, 0.2) is 0 Å². The first-order valence-electron chi connectivity index (χ1n) is 4.17. The van der Waals surface area contributed by atoms with Crippen LogP contribution in [0.1, 0.15) is 11.7 Å². The van der Waals surface area contributed by atoms with E-state index in [1.54, 1.807) is 24.3 Å². The van der Waals surface area contributed by atoms with E-state index >= 15 is 0 Å². The Kier molecular flexibility index (Phi) is 3.96. The highest BCUT2D eigenvalue weighted by Crippen LogP contribution is 2.19. The first-order chi connectivity index (χ1) is 6.92. The van der Waals surface area contributed by atoms with E-state index in [0.717, 1.165) is 0 Å². The van der Waals surface area contributed by atoms with Crippen LogP contribution in [0.2, 0.25) is 0 Å². The molecule has 0 aromatic heterocycles. The maximum atomic E-state index is 10.7. The fraction of sp³-hybridized carbons (Fsp3) is 0.333. The van der Waals surface area contributed by atoms with Crippen LogP contribution in [-0.2, 0) is 9.05 Å². The second kappa shape index (κ2) is 4.83. The molecular formula is C9H11ClO4S. The maximum absolute atomic E-state index is 10.7. The van der Waals surface area contributed by atoms with Crippen LogP contribution < -0.4 is 4.74 Å². The van der Waals surface area contributed by atoms with Crippen LogP contribution in [0.4, 0.5) is 0 Å². The zero-order valence-electron chi connectivity index (χ0n) is 8.05. The number of methoxy groups -OCH3 is 1. The van der Waals surface area contributed by atoms with Gasteiger partial charge in [0.1, 0.15) is 5.75 Å². The monoisotopic (exact) mass is 250 g/mol. The number of benzene rings is 1. The van der Waals surface area contributed by atoms with E-state index in [0.29, 0.717) is 11.3 Å². The van der Waals surface area contributed by atoms with Crippen LogP contribution in [0.15, 0.2) is 24.3 Å². The second-order valence-corrected chi connectivity index (χ2v) is 5.82. The molecule has 0 saturated carbocycles. The number of halogens is 1. The van der Waals surface area contributed by atoms with Gasteiger partial charge in [0.2, 0.25) is 9.05 Å². The van der Waals surface area contributed by atoms with Crippen molar-refractivity contribution in [1.82, 2.24) is 0 Å². The van der Waals surface area contributed by atoms with E-state index in [9.17, 15) is 13.5 Å². The second-order valence-electron chi connectivity index (χ2n) is 2.99. The van der Waals surface area contributed by atoms with Gasteiger partial charge in [-0.25, -0.2) is 8.42 Å². The lowest BCUT2D eigenvalue weighted by Gasteiger charge is -2.09. The van der Waals surface area contributed by atoms with Crippen LogP contribution in [0.3, 0.4) is 0 Å². The molecule has 0 saturated heterocycles. The summed E-state index contributed by atoms with van der Waals surface area (Å²) in [4.78, 5) is 0. The molecule has 6 heteroatoms. The summed E-state index contributed by atoms with van der Waals surface area (Å²) in [5.41, 5.74) is 0.486. The van der Waals surface area contributed by atoms with Crippen molar-refractivity contribution in [3.05, 3.63) is 29.8 Å². The van der Waals surface area contributed by atoms with Crippen molar-refractivity contribution in [1.29, 1.82) is 0 Å². The summed E-state index contributed by atoms with van der Waals surface area (Å²) in [6, 6.07) is 6.45. The highest BCUT2D eigenvalue weighted by Gasteiger charge is 2.15. The molecule has 0 aliphatic heterocycles. The van der Waals surface area contributed by atoms with Gasteiger partial charge in [-0.15, -0.1) is 0 Å². The van der Waals surface area contributed by atoms with Crippen molar-refractivity contribution in [2.75, 3.05) is 12.9 Å². The number of rotatable bonds is 4. The molecule has 1 N–H and O–H groups in total. The molecule has 1 aromatic rings.